The first-order valence-electron chi connectivity index (χ1n) is 10.4. The zero-order valence-electron chi connectivity index (χ0n) is 18.0. The number of aromatic nitrogens is 1. The molecule has 0 aliphatic carbocycles. The van der Waals surface area contributed by atoms with Crippen molar-refractivity contribution >= 4 is 34.8 Å². The number of benzene rings is 3. The fourth-order valence-corrected chi connectivity index (χ4v) is 3.42. The zero-order valence-corrected chi connectivity index (χ0v) is 18.0. The van der Waals surface area contributed by atoms with Crippen molar-refractivity contribution in [1.29, 1.82) is 0 Å². The van der Waals surface area contributed by atoms with Crippen LogP contribution in [0.4, 0.5) is 10.1 Å². The number of oxazole rings is 1. The van der Waals surface area contributed by atoms with E-state index >= 15 is 0 Å². The molecule has 0 atom stereocenters. The van der Waals surface area contributed by atoms with Crippen LogP contribution < -0.4 is 9.88 Å². The van der Waals surface area contributed by atoms with Gasteiger partial charge in [-0.25, -0.2) is 4.39 Å². The summed E-state index contributed by atoms with van der Waals surface area (Å²) >= 11 is 0. The molecule has 0 amide bonds. The van der Waals surface area contributed by atoms with E-state index in [1.54, 1.807) is 18.3 Å². The molecule has 4 rings (SSSR count). The van der Waals surface area contributed by atoms with Gasteiger partial charge in [0.15, 0.2) is 6.54 Å². The molecule has 0 bridgehead atoms. The van der Waals surface area contributed by atoms with Crippen LogP contribution in [-0.2, 0) is 27.3 Å². The van der Waals surface area contributed by atoms with Crippen molar-refractivity contribution in [2.24, 2.45) is 0 Å². The number of hydrogen-bond acceptors (Lipinski definition) is 5. The lowest BCUT2D eigenvalue weighted by atomic mass is 10.1. The van der Waals surface area contributed by atoms with E-state index in [2.05, 4.69) is 10.1 Å². The minimum Gasteiger partial charge on any atom is -0.398 e. The van der Waals surface area contributed by atoms with Gasteiger partial charge in [-0.15, -0.1) is 0 Å². The highest BCUT2D eigenvalue weighted by Gasteiger charge is 2.21. The summed E-state index contributed by atoms with van der Waals surface area (Å²) in [5, 5.41) is 3.18. The standard InChI is InChI=1S/C26H21FN2O4/c1-18(30)32-26(31)15-19-7-9-20(10-8-19)17-29-23-12-11-21(27)16-24(23)33-25(29)13-14-28-22-5-3-2-4-6-22/h2-14,16H,15,17H2,1H3/p+1. The molecule has 1 N–H and O–H groups in total. The first-order chi connectivity index (χ1) is 16.0. The van der Waals surface area contributed by atoms with Crippen LogP contribution in [0.1, 0.15) is 23.9 Å². The van der Waals surface area contributed by atoms with Crippen LogP contribution in [0.3, 0.4) is 0 Å². The number of fused-ring (bicyclic) bond motifs is 1. The Balaban J connectivity index is 1.56. The predicted octanol–water partition coefficient (Wildman–Crippen LogP) is 4.62. The maximum absolute atomic E-state index is 13.7. The number of carbonyl (C=O) groups is 2. The van der Waals surface area contributed by atoms with E-state index < -0.39 is 11.9 Å². The number of rotatable bonds is 7. The topological polar surface area (TPSA) is 72.4 Å². The van der Waals surface area contributed by atoms with Crippen LogP contribution in [0.2, 0.25) is 0 Å². The van der Waals surface area contributed by atoms with Gasteiger partial charge in [0.2, 0.25) is 5.58 Å². The molecule has 0 spiro atoms. The van der Waals surface area contributed by atoms with E-state index in [0.717, 1.165) is 22.3 Å². The highest BCUT2D eigenvalue weighted by Crippen LogP contribution is 2.18. The number of carbonyl (C=O) groups excluding carboxylic acids is 2. The quantitative estimate of drug-likeness (QED) is 0.255. The lowest BCUT2D eigenvalue weighted by Crippen LogP contribution is -2.35. The van der Waals surface area contributed by atoms with Crippen LogP contribution >= 0.6 is 0 Å². The molecule has 1 heterocycles. The molecule has 4 aromatic rings. The zero-order chi connectivity index (χ0) is 23.2. The lowest BCUT2D eigenvalue weighted by molar-refractivity contribution is -0.669. The van der Waals surface area contributed by atoms with Gasteiger partial charge in [0.05, 0.1) is 12.5 Å². The first kappa shape index (κ1) is 22.0. The highest BCUT2D eigenvalue weighted by atomic mass is 19.1. The molecule has 0 aliphatic rings. The monoisotopic (exact) mass is 445 g/mol. The van der Waals surface area contributed by atoms with Crippen molar-refractivity contribution in [3.05, 3.63) is 102 Å². The smallest absolute Gasteiger partial charge is 0.375 e. The van der Waals surface area contributed by atoms with Crippen molar-refractivity contribution in [3.63, 3.8) is 0 Å². The predicted molar refractivity (Wildman–Crippen MR) is 121 cm³/mol. The number of esters is 2. The van der Waals surface area contributed by atoms with Crippen LogP contribution in [0.5, 0.6) is 0 Å². The highest BCUT2D eigenvalue weighted by molar-refractivity contribution is 5.85. The molecule has 6 nitrogen and oxygen atoms in total. The van der Waals surface area contributed by atoms with Gasteiger partial charge in [-0.2, -0.15) is 4.57 Å². The van der Waals surface area contributed by atoms with Gasteiger partial charge >= 0.3 is 17.8 Å². The second-order valence-corrected chi connectivity index (χ2v) is 7.44. The second-order valence-electron chi connectivity index (χ2n) is 7.44. The van der Waals surface area contributed by atoms with Gasteiger partial charge in [-0.05, 0) is 23.8 Å². The van der Waals surface area contributed by atoms with Gasteiger partial charge in [-0.3, -0.25) is 9.59 Å². The van der Waals surface area contributed by atoms with Crippen molar-refractivity contribution < 1.29 is 27.7 Å². The van der Waals surface area contributed by atoms with Crippen LogP contribution in [0, 0.1) is 5.82 Å². The largest absolute Gasteiger partial charge is 0.398 e. The average molecular weight is 445 g/mol. The molecule has 166 valence electrons. The molecule has 0 radical (unpaired) electrons. The van der Waals surface area contributed by atoms with E-state index in [-0.39, 0.29) is 12.2 Å². The van der Waals surface area contributed by atoms with E-state index in [0.29, 0.717) is 18.0 Å². The van der Waals surface area contributed by atoms with E-state index in [9.17, 15) is 14.0 Å². The van der Waals surface area contributed by atoms with Crippen LogP contribution in [0.25, 0.3) is 17.2 Å². The van der Waals surface area contributed by atoms with Crippen molar-refractivity contribution in [3.8, 4) is 0 Å². The first-order valence-corrected chi connectivity index (χ1v) is 10.4. The van der Waals surface area contributed by atoms with Gasteiger partial charge < -0.3 is 14.5 Å². The second kappa shape index (κ2) is 9.91. The Bertz CT molecular complexity index is 1310. The molecule has 7 heteroatoms. The number of nitrogens with one attached hydrogen (secondary N) is 1. The van der Waals surface area contributed by atoms with Crippen molar-refractivity contribution in [1.82, 2.24) is 0 Å². The molecule has 0 saturated carbocycles. The van der Waals surface area contributed by atoms with Crippen LogP contribution in [0.15, 0.2) is 83.4 Å². The molecule has 0 fully saturated rings. The minimum absolute atomic E-state index is 0.0140. The number of nitrogens with zero attached hydrogens (tertiary/aromatic N) is 1. The Hall–Kier alpha value is -4.26. The maximum Gasteiger partial charge on any atom is 0.375 e. The molecule has 0 aliphatic heterocycles. The maximum atomic E-state index is 13.7. The summed E-state index contributed by atoms with van der Waals surface area (Å²) in [5.41, 5.74) is 3.83. The average Bonchev–Trinajstić information content (AvgIpc) is 3.11. The molecule has 1 aromatic heterocycles. The van der Waals surface area contributed by atoms with Crippen molar-refractivity contribution in [2.75, 3.05) is 5.32 Å². The summed E-state index contributed by atoms with van der Waals surface area (Å²) < 4.78 is 26.2. The van der Waals surface area contributed by atoms with Gasteiger partial charge in [-0.1, -0.05) is 42.5 Å². The van der Waals surface area contributed by atoms with E-state index in [4.69, 9.17) is 4.42 Å². The fourth-order valence-electron chi connectivity index (χ4n) is 3.42. The summed E-state index contributed by atoms with van der Waals surface area (Å²) in [5.74, 6) is -1.04. The van der Waals surface area contributed by atoms with Crippen molar-refractivity contribution in [2.45, 2.75) is 19.9 Å². The minimum atomic E-state index is -0.626. The summed E-state index contributed by atoms with van der Waals surface area (Å²) in [6.45, 7) is 1.67. The number of para-hydroxylation sites is 1. The number of ether oxygens (including phenoxy) is 1. The molecule has 0 saturated heterocycles. The normalized spacial score (nSPS) is 11.1. The third-order valence-corrected chi connectivity index (χ3v) is 4.91. The van der Waals surface area contributed by atoms with Gasteiger partial charge in [0.25, 0.3) is 5.52 Å². The Morgan fingerprint density at radius 2 is 1.76 bits per heavy atom. The Labute approximate surface area is 189 Å². The Kier molecular flexibility index (Phi) is 6.59. The van der Waals surface area contributed by atoms with E-state index in [1.807, 2.05) is 59.2 Å². The number of anilines is 1. The summed E-state index contributed by atoms with van der Waals surface area (Å²) in [7, 11) is 0. The fraction of sp³-hybridized carbons (Fsp3) is 0.115. The molecular weight excluding hydrogens is 423 g/mol. The van der Waals surface area contributed by atoms with E-state index in [1.165, 1.54) is 19.1 Å². The summed E-state index contributed by atoms with van der Waals surface area (Å²) in [4.78, 5) is 22.6. The van der Waals surface area contributed by atoms with Crippen LogP contribution in [-0.4, -0.2) is 11.9 Å². The SMILES string of the molecule is CC(=O)OC(=O)Cc1ccc(C[n+]2c(C=CNc3ccccc3)oc3cc(F)ccc32)cc1. The molecular formula is C26H22FN2O4+. The van der Waals surface area contributed by atoms with Gasteiger partial charge in [0, 0.05) is 36.5 Å². The third-order valence-electron chi connectivity index (χ3n) is 4.91. The summed E-state index contributed by atoms with van der Waals surface area (Å²) in [6, 6.07) is 21.5. The Morgan fingerprint density at radius 1 is 1.03 bits per heavy atom. The van der Waals surface area contributed by atoms with Gasteiger partial charge in [0.1, 0.15) is 5.82 Å². The Morgan fingerprint density at radius 3 is 2.48 bits per heavy atom. The molecule has 33 heavy (non-hydrogen) atoms. The summed E-state index contributed by atoms with van der Waals surface area (Å²) in [6.07, 6.45) is 3.57. The molecule has 0 unspecified atom stereocenters. The number of halogens is 1. The lowest BCUT2D eigenvalue weighted by Gasteiger charge is -2.02. The third kappa shape index (κ3) is 5.71. The number of hydrogen-bond donors (Lipinski definition) is 1. The molecule has 3 aromatic carbocycles.